The fourth-order valence-corrected chi connectivity index (χ4v) is 3.68. The molecular weight excluding hydrogens is 322 g/mol. The van der Waals surface area contributed by atoms with E-state index in [-0.39, 0.29) is 11.4 Å². The van der Waals surface area contributed by atoms with E-state index in [9.17, 15) is 4.79 Å². The van der Waals surface area contributed by atoms with Gasteiger partial charge in [0.1, 0.15) is 5.52 Å². The lowest BCUT2D eigenvalue weighted by Crippen LogP contribution is -2.12. The molecule has 0 spiro atoms. The number of fused-ring (bicyclic) bond motifs is 3. The van der Waals surface area contributed by atoms with Gasteiger partial charge in [-0.05, 0) is 29.7 Å². The SMILES string of the molecule is Cc1ccc2c(c1-c1ccccc1)c1c(CCl)n[nH]c(=O)c1n2C. The molecule has 4 rings (SSSR count). The van der Waals surface area contributed by atoms with Gasteiger partial charge in [0.15, 0.2) is 0 Å². The lowest BCUT2D eigenvalue weighted by molar-refractivity contribution is 0.931. The Morgan fingerprint density at radius 2 is 1.88 bits per heavy atom. The largest absolute Gasteiger partial charge is 0.339 e. The molecule has 0 fully saturated rings. The lowest BCUT2D eigenvalue weighted by atomic mass is 9.95. The van der Waals surface area contributed by atoms with Gasteiger partial charge in [-0.3, -0.25) is 4.79 Å². The van der Waals surface area contributed by atoms with Gasteiger partial charge >= 0.3 is 0 Å². The molecule has 2 heterocycles. The van der Waals surface area contributed by atoms with Crippen molar-refractivity contribution < 1.29 is 0 Å². The molecule has 0 amide bonds. The quantitative estimate of drug-likeness (QED) is 0.559. The number of nitrogens with one attached hydrogen (secondary N) is 1. The summed E-state index contributed by atoms with van der Waals surface area (Å²) < 4.78 is 1.92. The van der Waals surface area contributed by atoms with Crippen LogP contribution in [0.3, 0.4) is 0 Å². The zero-order valence-electron chi connectivity index (χ0n) is 13.4. The summed E-state index contributed by atoms with van der Waals surface area (Å²) in [5.41, 5.74) is 5.50. The highest BCUT2D eigenvalue weighted by molar-refractivity contribution is 6.21. The average Bonchev–Trinajstić information content (AvgIpc) is 2.90. The second-order valence-corrected chi connectivity index (χ2v) is 6.20. The average molecular weight is 338 g/mol. The van der Waals surface area contributed by atoms with Gasteiger partial charge in [-0.1, -0.05) is 36.4 Å². The molecule has 0 saturated heterocycles. The minimum absolute atomic E-state index is 0.200. The molecule has 2 aromatic carbocycles. The van der Waals surface area contributed by atoms with E-state index in [1.807, 2.05) is 29.8 Å². The monoisotopic (exact) mass is 337 g/mol. The highest BCUT2D eigenvalue weighted by Crippen LogP contribution is 2.38. The number of benzene rings is 2. The van der Waals surface area contributed by atoms with E-state index in [0.29, 0.717) is 11.2 Å². The summed E-state index contributed by atoms with van der Waals surface area (Å²) in [5.74, 6) is 0.245. The number of hydrogen-bond donors (Lipinski definition) is 1. The van der Waals surface area contributed by atoms with Crippen molar-refractivity contribution >= 4 is 33.4 Å². The second kappa shape index (κ2) is 5.49. The first kappa shape index (κ1) is 15.0. The number of H-pyrrole nitrogens is 1. The molecule has 0 bridgehead atoms. The van der Waals surface area contributed by atoms with Crippen molar-refractivity contribution in [1.29, 1.82) is 0 Å². The molecule has 5 heteroatoms. The highest BCUT2D eigenvalue weighted by Gasteiger charge is 2.20. The van der Waals surface area contributed by atoms with Crippen molar-refractivity contribution in [2.45, 2.75) is 12.8 Å². The maximum absolute atomic E-state index is 12.4. The van der Waals surface area contributed by atoms with Gasteiger partial charge in [0.2, 0.25) is 0 Å². The minimum Gasteiger partial charge on any atom is -0.339 e. The molecule has 0 radical (unpaired) electrons. The van der Waals surface area contributed by atoms with E-state index >= 15 is 0 Å². The summed E-state index contributed by atoms with van der Waals surface area (Å²) >= 11 is 6.11. The summed E-state index contributed by atoms with van der Waals surface area (Å²) in [6, 6.07) is 14.3. The Hall–Kier alpha value is -2.59. The Kier molecular flexibility index (Phi) is 3.43. The molecule has 0 aliphatic heterocycles. The summed E-state index contributed by atoms with van der Waals surface area (Å²) in [6.45, 7) is 2.08. The molecule has 0 aliphatic rings. The van der Waals surface area contributed by atoms with Crippen LogP contribution in [-0.4, -0.2) is 14.8 Å². The molecule has 0 atom stereocenters. The van der Waals surface area contributed by atoms with Gasteiger partial charge in [-0.15, -0.1) is 11.6 Å². The van der Waals surface area contributed by atoms with Crippen LogP contribution in [-0.2, 0) is 12.9 Å². The number of aromatic nitrogens is 3. The number of nitrogens with zero attached hydrogens (tertiary/aromatic N) is 2. The topological polar surface area (TPSA) is 50.7 Å². The predicted molar refractivity (Wildman–Crippen MR) is 98.6 cm³/mol. The van der Waals surface area contributed by atoms with Gasteiger partial charge in [-0.2, -0.15) is 5.10 Å². The summed E-state index contributed by atoms with van der Waals surface area (Å²) in [6.07, 6.45) is 0. The Balaban J connectivity index is 2.32. The zero-order valence-corrected chi connectivity index (χ0v) is 14.2. The Morgan fingerprint density at radius 3 is 2.58 bits per heavy atom. The normalized spacial score (nSPS) is 11.5. The summed E-state index contributed by atoms with van der Waals surface area (Å²) in [5, 5.41) is 8.61. The van der Waals surface area contributed by atoms with Crippen molar-refractivity contribution in [3.05, 3.63) is 64.1 Å². The van der Waals surface area contributed by atoms with Crippen LogP contribution in [0.2, 0.25) is 0 Å². The number of alkyl halides is 1. The van der Waals surface area contributed by atoms with E-state index in [0.717, 1.165) is 33.0 Å². The van der Waals surface area contributed by atoms with Gasteiger partial charge in [-0.25, -0.2) is 5.10 Å². The van der Waals surface area contributed by atoms with Crippen molar-refractivity contribution in [3.8, 4) is 11.1 Å². The first-order valence-corrected chi connectivity index (χ1v) is 8.27. The molecule has 0 aliphatic carbocycles. The molecule has 24 heavy (non-hydrogen) atoms. The van der Waals surface area contributed by atoms with E-state index in [1.54, 1.807) is 0 Å². The fraction of sp³-hybridized carbons (Fsp3) is 0.158. The van der Waals surface area contributed by atoms with Crippen LogP contribution in [0.4, 0.5) is 0 Å². The van der Waals surface area contributed by atoms with E-state index in [4.69, 9.17) is 11.6 Å². The van der Waals surface area contributed by atoms with Crippen LogP contribution in [0.25, 0.3) is 32.9 Å². The number of aromatic amines is 1. The van der Waals surface area contributed by atoms with Gasteiger partial charge < -0.3 is 4.57 Å². The first-order chi connectivity index (χ1) is 11.6. The number of hydrogen-bond acceptors (Lipinski definition) is 2. The van der Waals surface area contributed by atoms with E-state index in [2.05, 4.69) is 41.4 Å². The van der Waals surface area contributed by atoms with Crippen molar-refractivity contribution in [2.24, 2.45) is 7.05 Å². The fourth-order valence-electron chi connectivity index (χ4n) is 3.48. The van der Waals surface area contributed by atoms with Crippen molar-refractivity contribution in [3.63, 3.8) is 0 Å². The third-order valence-corrected chi connectivity index (χ3v) is 4.81. The molecule has 0 unspecified atom stereocenters. The number of halogens is 1. The first-order valence-electron chi connectivity index (χ1n) is 7.74. The zero-order chi connectivity index (χ0) is 16.8. The van der Waals surface area contributed by atoms with Crippen LogP contribution >= 0.6 is 11.6 Å². The second-order valence-electron chi connectivity index (χ2n) is 5.93. The number of rotatable bonds is 2. The van der Waals surface area contributed by atoms with E-state index in [1.165, 1.54) is 0 Å². The standard InChI is InChI=1S/C19H16ClN3O/c1-11-8-9-14-17(15(11)12-6-4-3-5-7-12)16-13(10-20)21-22-19(24)18(16)23(14)2/h3-9H,10H2,1-2H3,(H,22,24). The smallest absolute Gasteiger partial charge is 0.288 e. The Bertz CT molecular complexity index is 1130. The van der Waals surface area contributed by atoms with Crippen LogP contribution in [0, 0.1) is 6.92 Å². The van der Waals surface area contributed by atoms with Crippen LogP contribution in [0.1, 0.15) is 11.3 Å². The maximum atomic E-state index is 12.4. The van der Waals surface area contributed by atoms with Gasteiger partial charge in [0.25, 0.3) is 5.56 Å². The third kappa shape index (κ3) is 2.00. The summed E-state index contributed by atoms with van der Waals surface area (Å²) in [7, 11) is 1.90. The minimum atomic E-state index is -0.200. The molecule has 2 aromatic heterocycles. The summed E-state index contributed by atoms with van der Waals surface area (Å²) in [4.78, 5) is 12.4. The Morgan fingerprint density at radius 1 is 1.12 bits per heavy atom. The van der Waals surface area contributed by atoms with E-state index < -0.39 is 0 Å². The van der Waals surface area contributed by atoms with Crippen molar-refractivity contribution in [1.82, 2.24) is 14.8 Å². The molecule has 4 aromatic rings. The van der Waals surface area contributed by atoms with Crippen LogP contribution < -0.4 is 5.56 Å². The maximum Gasteiger partial charge on any atom is 0.288 e. The molecule has 4 nitrogen and oxygen atoms in total. The van der Waals surface area contributed by atoms with Gasteiger partial charge in [0, 0.05) is 23.3 Å². The van der Waals surface area contributed by atoms with Crippen LogP contribution in [0.5, 0.6) is 0 Å². The van der Waals surface area contributed by atoms with Crippen molar-refractivity contribution in [2.75, 3.05) is 0 Å². The molecule has 120 valence electrons. The number of aryl methyl sites for hydroxylation is 2. The predicted octanol–water partition coefficient (Wildman–Crippen LogP) is 4.13. The van der Waals surface area contributed by atoms with Gasteiger partial charge in [0.05, 0.1) is 11.6 Å². The molecular formula is C19H16ClN3O. The lowest BCUT2D eigenvalue weighted by Gasteiger charge is -2.09. The third-order valence-electron chi connectivity index (χ3n) is 4.56. The highest BCUT2D eigenvalue weighted by atomic mass is 35.5. The molecule has 1 N–H and O–H groups in total. The van der Waals surface area contributed by atoms with Crippen LogP contribution in [0.15, 0.2) is 47.3 Å². The molecule has 0 saturated carbocycles. The Labute approximate surface area is 143 Å².